The summed E-state index contributed by atoms with van der Waals surface area (Å²) < 4.78 is 35.2. The van der Waals surface area contributed by atoms with Crippen LogP contribution in [0.3, 0.4) is 0 Å². The van der Waals surface area contributed by atoms with E-state index in [0.717, 1.165) is 72.0 Å². The zero-order chi connectivity index (χ0) is 31.3. The molecule has 0 saturated heterocycles. The summed E-state index contributed by atoms with van der Waals surface area (Å²) in [5.41, 5.74) is 8.11. The van der Waals surface area contributed by atoms with Gasteiger partial charge in [-0.3, -0.25) is 9.17 Å². The molecule has 0 aliphatic heterocycles. The second kappa shape index (κ2) is 11.9. The maximum Gasteiger partial charge on any atom is 0.264 e. The molecule has 0 amide bonds. The normalized spacial score (nSPS) is 20.0. The summed E-state index contributed by atoms with van der Waals surface area (Å²) in [7, 11) is -5.66. The van der Waals surface area contributed by atoms with Crippen molar-refractivity contribution in [1.82, 2.24) is 4.98 Å². The number of fused-ring (bicyclic) bond motifs is 1. The number of aromatic nitrogens is 1. The van der Waals surface area contributed by atoms with Crippen molar-refractivity contribution >= 4 is 24.0 Å². The minimum Gasteiger partial charge on any atom is -0.410 e. The summed E-state index contributed by atoms with van der Waals surface area (Å²) in [6, 6.07) is 7.39. The molecule has 0 saturated carbocycles. The highest BCUT2D eigenvalue weighted by atomic mass is 32.2. The maximum absolute atomic E-state index is 12.1. The average Bonchev–Trinajstić information content (AvgIpc) is 3.39. The molecular formula is C34H51NO5SSi. The Morgan fingerprint density at radius 1 is 1.14 bits per heavy atom. The molecule has 1 aromatic heterocycles. The van der Waals surface area contributed by atoms with Crippen LogP contribution in [0.15, 0.2) is 30.3 Å². The molecule has 0 spiro atoms. The minimum absolute atomic E-state index is 0.0345. The molecule has 6 nitrogen and oxygen atoms in total. The lowest BCUT2D eigenvalue weighted by atomic mass is 9.71. The van der Waals surface area contributed by atoms with Crippen LogP contribution in [0.4, 0.5) is 0 Å². The Morgan fingerprint density at radius 2 is 1.79 bits per heavy atom. The molecule has 1 aromatic carbocycles. The summed E-state index contributed by atoms with van der Waals surface area (Å²) in [5, 5.41) is 12.2. The van der Waals surface area contributed by atoms with Crippen molar-refractivity contribution in [2.75, 3.05) is 6.26 Å². The highest BCUT2D eigenvalue weighted by Gasteiger charge is 2.45. The van der Waals surface area contributed by atoms with Crippen LogP contribution in [0, 0.1) is 5.41 Å². The molecule has 2 atom stereocenters. The Labute approximate surface area is 255 Å². The lowest BCUT2D eigenvalue weighted by Crippen LogP contribution is -2.44. The molecule has 0 fully saturated rings. The Balaban J connectivity index is 1.91. The molecule has 2 aliphatic rings. The van der Waals surface area contributed by atoms with Gasteiger partial charge in [0.2, 0.25) is 0 Å². The van der Waals surface area contributed by atoms with Crippen molar-refractivity contribution in [1.29, 1.82) is 0 Å². The van der Waals surface area contributed by atoms with E-state index >= 15 is 0 Å². The first-order valence-corrected chi connectivity index (χ1v) is 20.1. The Bertz CT molecular complexity index is 1440. The van der Waals surface area contributed by atoms with Crippen LogP contribution >= 0.6 is 0 Å². The van der Waals surface area contributed by atoms with Crippen LogP contribution in [0.1, 0.15) is 131 Å². The number of allylic oxidation sites excluding steroid dienone is 2. The molecule has 2 aliphatic carbocycles. The van der Waals surface area contributed by atoms with Gasteiger partial charge in [-0.15, -0.1) is 0 Å². The molecule has 232 valence electrons. The van der Waals surface area contributed by atoms with Crippen LogP contribution in [0.2, 0.25) is 18.1 Å². The summed E-state index contributed by atoms with van der Waals surface area (Å²) in [4.78, 5) is 5.36. The summed E-state index contributed by atoms with van der Waals surface area (Å²) in [6.45, 7) is 20.4. The van der Waals surface area contributed by atoms with Gasteiger partial charge in [-0.2, -0.15) is 8.42 Å². The lowest BCUT2D eigenvalue weighted by molar-refractivity contribution is 0.105. The molecule has 8 heteroatoms. The third kappa shape index (κ3) is 7.26. The number of aliphatic hydroxyl groups excluding tert-OH is 1. The fourth-order valence-corrected chi connectivity index (χ4v) is 7.64. The first-order chi connectivity index (χ1) is 19.3. The number of rotatable bonds is 9. The molecule has 1 unspecified atom stereocenters. The number of hydrogen-bond donors (Lipinski definition) is 1. The van der Waals surface area contributed by atoms with Crippen LogP contribution in [-0.4, -0.2) is 33.1 Å². The number of nitrogens with zero attached hydrogens (tertiary/aromatic N) is 1. The predicted octanol–water partition coefficient (Wildman–Crippen LogP) is 8.37. The molecule has 0 radical (unpaired) electrons. The summed E-state index contributed by atoms with van der Waals surface area (Å²) in [6.07, 6.45) is 7.34. The van der Waals surface area contributed by atoms with E-state index in [9.17, 15) is 13.5 Å². The smallest absolute Gasteiger partial charge is 0.264 e. The van der Waals surface area contributed by atoms with E-state index in [4.69, 9.17) is 13.6 Å². The third-order valence-electron chi connectivity index (χ3n) is 9.25. The van der Waals surface area contributed by atoms with Crippen molar-refractivity contribution in [2.24, 2.45) is 5.41 Å². The molecular weight excluding hydrogens is 563 g/mol. The Morgan fingerprint density at radius 3 is 2.31 bits per heavy atom. The number of hydrogen-bond acceptors (Lipinski definition) is 6. The van der Waals surface area contributed by atoms with Crippen molar-refractivity contribution < 1.29 is 22.1 Å². The zero-order valence-corrected chi connectivity index (χ0v) is 29.1. The van der Waals surface area contributed by atoms with Gasteiger partial charge < -0.3 is 9.53 Å². The van der Waals surface area contributed by atoms with Gasteiger partial charge in [0.25, 0.3) is 10.1 Å². The second-order valence-corrected chi connectivity index (χ2v) is 21.3. The zero-order valence-electron chi connectivity index (χ0n) is 27.3. The second-order valence-electron chi connectivity index (χ2n) is 14.9. The van der Waals surface area contributed by atoms with Gasteiger partial charge >= 0.3 is 0 Å². The monoisotopic (exact) mass is 613 g/mol. The first-order valence-electron chi connectivity index (χ1n) is 15.3. The van der Waals surface area contributed by atoms with Gasteiger partial charge in [-0.05, 0) is 83.8 Å². The van der Waals surface area contributed by atoms with E-state index in [1.54, 1.807) is 0 Å². The van der Waals surface area contributed by atoms with Gasteiger partial charge in [-0.25, -0.2) is 0 Å². The van der Waals surface area contributed by atoms with Gasteiger partial charge in [-0.1, -0.05) is 78.8 Å². The van der Waals surface area contributed by atoms with Crippen molar-refractivity contribution in [3.8, 4) is 0 Å². The van der Waals surface area contributed by atoms with E-state index in [1.807, 2.05) is 24.3 Å². The quantitative estimate of drug-likeness (QED) is 0.226. The Hall–Kier alpha value is -1.84. The van der Waals surface area contributed by atoms with E-state index < -0.39 is 24.5 Å². The van der Waals surface area contributed by atoms with Gasteiger partial charge in [0.15, 0.2) is 8.32 Å². The maximum atomic E-state index is 12.1. The first kappa shape index (κ1) is 33.1. The third-order valence-corrected chi connectivity index (χ3v) is 14.3. The van der Waals surface area contributed by atoms with Crippen LogP contribution in [0.25, 0.3) is 5.57 Å². The fraction of sp³-hybridized carbons (Fsp3) is 0.618. The van der Waals surface area contributed by atoms with Gasteiger partial charge in [0.05, 0.1) is 19.0 Å². The van der Waals surface area contributed by atoms with Crippen LogP contribution in [-0.2, 0) is 31.8 Å². The van der Waals surface area contributed by atoms with Crippen molar-refractivity contribution in [2.45, 2.75) is 123 Å². The largest absolute Gasteiger partial charge is 0.410 e. The minimum atomic E-state index is -3.54. The fourth-order valence-electron chi connectivity index (χ4n) is 6.03. The SMILES string of the molecule is CC(C)c1nc2c(c(C3=CCCC3)c1[C@H](O)c1ccc(COS(C)(=O)=O)cc1)C(O[Si](C)(C)C(C)(C)C)CC(C)(C)C2. The molecule has 1 heterocycles. The number of aliphatic hydroxyl groups is 1. The molecule has 0 bridgehead atoms. The predicted molar refractivity (Wildman–Crippen MR) is 173 cm³/mol. The molecule has 2 aromatic rings. The standard InChI is InChI=1S/C34H51NO5SSi/c1-22(2)31-30(32(36)25-17-15-23(16-18-25)21-39-41(8,37)38)28(24-13-11-12-14-24)29-26(35-31)19-34(6,7)20-27(29)40-42(9,10)33(3,4)5/h13,15-18,22,27,32,36H,11-12,14,19-21H2,1-10H3/t27?,32-/m1/s1. The van der Waals surface area contributed by atoms with Crippen molar-refractivity contribution in [3.63, 3.8) is 0 Å². The van der Waals surface area contributed by atoms with Crippen LogP contribution in [0.5, 0.6) is 0 Å². The summed E-state index contributed by atoms with van der Waals surface area (Å²) >= 11 is 0. The van der Waals surface area contributed by atoms with Gasteiger partial charge in [0.1, 0.15) is 6.10 Å². The highest BCUT2D eigenvalue weighted by Crippen LogP contribution is 2.52. The topological polar surface area (TPSA) is 85.7 Å². The number of benzene rings is 1. The average molecular weight is 614 g/mol. The Kier molecular flexibility index (Phi) is 9.38. The number of pyridine rings is 1. The van der Waals surface area contributed by atoms with Crippen molar-refractivity contribution in [3.05, 3.63) is 69.5 Å². The molecule has 1 N–H and O–H groups in total. The summed E-state index contributed by atoms with van der Waals surface area (Å²) in [5.74, 6) is 0.118. The highest BCUT2D eigenvalue weighted by molar-refractivity contribution is 7.85. The molecule has 42 heavy (non-hydrogen) atoms. The van der Waals surface area contributed by atoms with Crippen LogP contribution < -0.4 is 0 Å². The molecule has 4 rings (SSSR count). The van der Waals surface area contributed by atoms with Gasteiger partial charge in [0, 0.05) is 22.5 Å². The van der Waals surface area contributed by atoms with E-state index in [0.29, 0.717) is 0 Å². The van der Waals surface area contributed by atoms with E-state index in [-0.39, 0.29) is 29.1 Å². The lowest BCUT2D eigenvalue weighted by Gasteiger charge is -2.45. The van der Waals surface area contributed by atoms with E-state index in [1.165, 1.54) is 11.1 Å². The van der Waals surface area contributed by atoms with E-state index in [2.05, 4.69) is 67.6 Å².